The van der Waals surface area contributed by atoms with Crippen LogP contribution >= 0.6 is 11.3 Å². The zero-order valence-corrected chi connectivity index (χ0v) is 50.4. The van der Waals surface area contributed by atoms with E-state index in [2.05, 4.69) is 76.4 Å². The van der Waals surface area contributed by atoms with Gasteiger partial charge in [-0.15, -0.1) is 11.3 Å². The van der Waals surface area contributed by atoms with Crippen LogP contribution in [0, 0.1) is 24.2 Å². The first-order valence-corrected chi connectivity index (χ1v) is 32.0. The molecule has 1 spiro atoms. The van der Waals surface area contributed by atoms with Crippen molar-refractivity contribution in [2.24, 2.45) is 34.5 Å². The van der Waals surface area contributed by atoms with E-state index in [1.54, 1.807) is 40.5 Å². The molecule has 7 fully saturated rings. The quantitative estimate of drug-likeness (QED) is 0.0550. The Balaban J connectivity index is 0.556. The Morgan fingerprint density at radius 3 is 2.26 bits per heavy atom. The number of benzene rings is 2. The van der Waals surface area contributed by atoms with Gasteiger partial charge in [0.15, 0.2) is 11.6 Å². The molecular formula is C65H87N13O5S. The number of carbonyl (C=O) groups is 2. The number of phenols is 1. The van der Waals surface area contributed by atoms with Crippen molar-refractivity contribution in [3.63, 3.8) is 0 Å². The largest absolute Gasteiger partial charge is 0.507 e. The molecule has 7 aliphatic rings. The molecule has 5 aromatic rings. The lowest BCUT2D eigenvalue weighted by Crippen LogP contribution is -2.54. The molecule has 5 unspecified atom stereocenters. The van der Waals surface area contributed by atoms with Gasteiger partial charge in [0.25, 0.3) is 0 Å². The fourth-order valence-corrected chi connectivity index (χ4v) is 16.1. The van der Waals surface area contributed by atoms with Crippen LogP contribution < -0.4 is 37.1 Å². The monoisotopic (exact) mass is 1160 g/mol. The van der Waals surface area contributed by atoms with Crippen LogP contribution in [-0.2, 0) is 9.59 Å². The number of piperidine rings is 3. The average molecular weight is 1160 g/mol. The summed E-state index contributed by atoms with van der Waals surface area (Å²) in [4.78, 5) is 52.9. The predicted octanol–water partition coefficient (Wildman–Crippen LogP) is 8.56. The molecule has 9 heterocycles. The SMILES string of the molecule is Cc1ncsc1-c1ccc(C(C)NC(=O)C2CCCN2C(=O)C(c2cc(N3CCC(CN4CCC(N5CCC6(CC5)CC(Oc5cc(N7C8CCC7CN(C(/C=C(\N)c7ccccc7O)=C(N)N)C8)ccn5)C6)CC4)CC3)no2)C(C)C)cc1. The molecule has 5 atom stereocenters. The number of thiazole rings is 1. The molecule has 6 saturated heterocycles. The number of amides is 2. The highest BCUT2D eigenvalue weighted by molar-refractivity contribution is 7.13. The van der Waals surface area contributed by atoms with Gasteiger partial charge in [-0.25, -0.2) is 9.97 Å². The van der Waals surface area contributed by atoms with Crippen LogP contribution in [0.15, 0.2) is 101 Å². The Morgan fingerprint density at radius 2 is 1.58 bits per heavy atom. The third-order valence-electron chi connectivity index (χ3n) is 20.0. The number of aromatic hydroxyl groups is 1. The van der Waals surface area contributed by atoms with Gasteiger partial charge < -0.3 is 66.3 Å². The predicted molar refractivity (Wildman–Crippen MR) is 330 cm³/mol. The molecule has 1 saturated carbocycles. The van der Waals surface area contributed by atoms with Crippen LogP contribution in [0.5, 0.6) is 11.6 Å². The van der Waals surface area contributed by atoms with Crippen molar-refractivity contribution in [2.45, 2.75) is 147 Å². The molecule has 2 amide bonds. The lowest BCUT2D eigenvalue weighted by atomic mass is 9.61. The Bertz CT molecular complexity index is 3150. The number of piperazine rings is 1. The summed E-state index contributed by atoms with van der Waals surface area (Å²) in [5.41, 5.74) is 27.2. The number of aryl methyl sites for hydroxylation is 1. The smallest absolute Gasteiger partial charge is 0.243 e. The van der Waals surface area contributed by atoms with Crippen molar-refractivity contribution in [3.05, 3.63) is 119 Å². The number of carbonyl (C=O) groups excluding carboxylic acids is 2. The minimum Gasteiger partial charge on any atom is -0.507 e. The summed E-state index contributed by atoms with van der Waals surface area (Å²) in [6.45, 7) is 17.9. The third-order valence-corrected chi connectivity index (χ3v) is 21.0. The van der Waals surface area contributed by atoms with Crippen LogP contribution in [0.2, 0.25) is 0 Å². The van der Waals surface area contributed by atoms with Crippen LogP contribution in [0.3, 0.4) is 0 Å². The number of phenolic OH excluding ortho intramolecular Hbond substituents is 1. The molecule has 8 N–H and O–H groups in total. The summed E-state index contributed by atoms with van der Waals surface area (Å²) in [6, 6.07) is 22.1. The third kappa shape index (κ3) is 12.2. The van der Waals surface area contributed by atoms with E-state index in [1.165, 1.54) is 38.8 Å². The van der Waals surface area contributed by atoms with Gasteiger partial charge in [0.05, 0.1) is 27.8 Å². The molecule has 2 bridgehead atoms. The average Bonchev–Trinajstić information content (AvgIpc) is 4.54. The molecule has 18 nitrogen and oxygen atoms in total. The van der Waals surface area contributed by atoms with E-state index < -0.39 is 12.0 Å². The summed E-state index contributed by atoms with van der Waals surface area (Å²) in [7, 11) is 0. The molecule has 3 aromatic heterocycles. The number of allylic oxidation sites excluding steroid dienone is 1. The Hall–Kier alpha value is -6.83. The number of rotatable bonds is 17. The molecule has 1 aliphatic carbocycles. The van der Waals surface area contributed by atoms with Crippen molar-refractivity contribution in [2.75, 3.05) is 75.2 Å². The molecule has 12 rings (SSSR count). The number of nitrogens with one attached hydrogen (secondary N) is 1. The summed E-state index contributed by atoms with van der Waals surface area (Å²) >= 11 is 1.63. The summed E-state index contributed by atoms with van der Waals surface area (Å²) in [6.07, 6.45) is 16.8. The first kappa shape index (κ1) is 57.6. The van der Waals surface area contributed by atoms with Gasteiger partial charge in [-0.3, -0.25) is 9.59 Å². The second-order valence-corrected chi connectivity index (χ2v) is 26.6. The fourth-order valence-electron chi connectivity index (χ4n) is 15.2. The molecule has 0 radical (unpaired) electrons. The minimum atomic E-state index is -0.522. The highest BCUT2D eigenvalue weighted by atomic mass is 32.1. The van der Waals surface area contributed by atoms with E-state index in [9.17, 15) is 14.7 Å². The molecule has 448 valence electrons. The summed E-state index contributed by atoms with van der Waals surface area (Å²) in [5.74, 6) is 2.35. The van der Waals surface area contributed by atoms with Crippen LogP contribution in [-0.4, -0.2) is 147 Å². The Morgan fingerprint density at radius 1 is 0.857 bits per heavy atom. The van der Waals surface area contributed by atoms with E-state index in [0.29, 0.717) is 58.9 Å². The number of anilines is 2. The zero-order valence-electron chi connectivity index (χ0n) is 49.6. The molecule has 2 aromatic carbocycles. The lowest BCUT2D eigenvalue weighted by molar-refractivity contribution is -0.141. The van der Waals surface area contributed by atoms with E-state index in [1.807, 2.05) is 51.5 Å². The highest BCUT2D eigenvalue weighted by Gasteiger charge is 2.49. The number of nitrogens with two attached hydrogens (primary N) is 3. The van der Waals surface area contributed by atoms with Crippen molar-refractivity contribution >= 4 is 40.4 Å². The number of nitrogens with zero attached hydrogens (tertiary/aromatic N) is 9. The van der Waals surface area contributed by atoms with E-state index in [4.69, 9.17) is 31.4 Å². The molecule has 84 heavy (non-hydrogen) atoms. The number of ether oxygens (including phenoxy) is 1. The van der Waals surface area contributed by atoms with Gasteiger partial charge in [-0.1, -0.05) is 55.4 Å². The van der Waals surface area contributed by atoms with Crippen molar-refractivity contribution < 1.29 is 24.0 Å². The molecule has 6 aliphatic heterocycles. The van der Waals surface area contributed by atoms with Gasteiger partial charge in [0.2, 0.25) is 17.7 Å². The van der Waals surface area contributed by atoms with Crippen LogP contribution in [0.1, 0.15) is 132 Å². The van der Waals surface area contributed by atoms with Crippen LogP contribution in [0.25, 0.3) is 16.1 Å². The summed E-state index contributed by atoms with van der Waals surface area (Å²) in [5, 5.41) is 18.2. The maximum atomic E-state index is 14.4. The Kier molecular flexibility index (Phi) is 16.9. The van der Waals surface area contributed by atoms with Crippen molar-refractivity contribution in [3.8, 4) is 22.1 Å². The number of para-hydroxylation sites is 1. The number of fused-ring (bicyclic) bond motifs is 2. The Labute approximate surface area is 499 Å². The van der Waals surface area contributed by atoms with Crippen LogP contribution in [0.4, 0.5) is 11.5 Å². The second-order valence-electron chi connectivity index (χ2n) is 25.8. The lowest BCUT2D eigenvalue weighted by Gasteiger charge is -2.53. The molecule has 19 heteroatoms. The number of likely N-dealkylation sites (tertiary alicyclic amines) is 4. The number of pyridine rings is 1. The van der Waals surface area contributed by atoms with E-state index in [0.717, 1.165) is 124 Å². The first-order valence-electron chi connectivity index (χ1n) is 31.1. The van der Waals surface area contributed by atoms with E-state index >= 15 is 0 Å². The first-order chi connectivity index (χ1) is 40.7. The maximum Gasteiger partial charge on any atom is 0.243 e. The highest BCUT2D eigenvalue weighted by Crippen LogP contribution is 2.51. The number of aromatic nitrogens is 3. The van der Waals surface area contributed by atoms with Gasteiger partial charge in [0, 0.05) is 92.7 Å². The van der Waals surface area contributed by atoms with E-state index in [-0.39, 0.29) is 53.5 Å². The minimum absolute atomic E-state index is 0.0309. The standard InChI is InChI=1S/C65H87N13O5S/c1-41(2)60(64(81)77-25-7-9-54(77)63(80)71-42(3)45-11-13-46(14-12-45)61-43(4)70-40-84-61)57-34-58(72-83-57)75-28-18-44(19-29-75)37-73-26-20-47(21-27-73)74-30-22-65(23-31-74)35-51(36-65)82-59-32-48(17-24-69-59)78-49-15-16-50(78)39-76(38-49)55(62(67)68)33-53(66)52-8-5-6-10-56(52)79/h5-6,8,10-14,17,24,32-34,40-42,44,47,49-51,54,60,79H,7,9,15-16,18-23,25-31,35-39,66-68H2,1-4H3,(H,71,80)/b53-33-. The molecular weight excluding hydrogens is 1070 g/mol. The van der Waals surface area contributed by atoms with Crippen molar-refractivity contribution in [1.82, 2.24) is 40.0 Å². The normalized spacial score (nSPS) is 23.5. The number of hydrogen-bond donors (Lipinski definition) is 5. The topological polar surface area (TPSA) is 225 Å². The second kappa shape index (κ2) is 24.6. The maximum absolute atomic E-state index is 14.4. The van der Waals surface area contributed by atoms with Gasteiger partial charge in [-0.05, 0) is 170 Å². The summed E-state index contributed by atoms with van der Waals surface area (Å²) < 4.78 is 12.6. The van der Waals surface area contributed by atoms with Gasteiger partial charge in [-0.2, -0.15) is 0 Å². The fraction of sp³-hybridized carbons (Fsp3) is 0.554. The van der Waals surface area contributed by atoms with Crippen molar-refractivity contribution in [1.29, 1.82) is 0 Å². The van der Waals surface area contributed by atoms with Gasteiger partial charge >= 0.3 is 0 Å². The number of hydrogen-bond acceptors (Lipinski definition) is 17. The van der Waals surface area contributed by atoms with Gasteiger partial charge in [0.1, 0.15) is 29.6 Å². The zero-order chi connectivity index (χ0) is 58.2.